The van der Waals surface area contributed by atoms with Gasteiger partial charge in [-0.05, 0) is 36.9 Å². The van der Waals surface area contributed by atoms with Crippen LogP contribution < -0.4 is 5.73 Å². The lowest BCUT2D eigenvalue weighted by Crippen LogP contribution is -2.36. The van der Waals surface area contributed by atoms with Crippen molar-refractivity contribution in [2.45, 2.75) is 32.7 Å². The van der Waals surface area contributed by atoms with E-state index in [0.717, 1.165) is 25.8 Å². The summed E-state index contributed by atoms with van der Waals surface area (Å²) in [5.41, 5.74) is 8.02. The largest absolute Gasteiger partial charge is 0.338 e. The second-order valence-corrected chi connectivity index (χ2v) is 6.31. The van der Waals surface area contributed by atoms with Crippen molar-refractivity contribution < 1.29 is 4.79 Å². The molecular weight excluding hydrogens is 296 g/mol. The number of rotatable bonds is 9. The molecule has 0 aliphatic heterocycles. The highest BCUT2D eigenvalue weighted by Crippen LogP contribution is 2.14. The van der Waals surface area contributed by atoms with Crippen LogP contribution in [0.4, 0.5) is 0 Å². The summed E-state index contributed by atoms with van der Waals surface area (Å²) in [4.78, 5) is 14.8. The van der Waals surface area contributed by atoms with Crippen molar-refractivity contribution in [1.82, 2.24) is 4.90 Å². The normalized spacial score (nSPS) is 11.9. The summed E-state index contributed by atoms with van der Waals surface area (Å²) in [6.45, 7) is 4.06. The van der Waals surface area contributed by atoms with Gasteiger partial charge in [0.2, 0.25) is 5.91 Å². The second kappa shape index (κ2) is 9.89. The van der Waals surface area contributed by atoms with Crippen LogP contribution in [0.3, 0.4) is 0 Å². The van der Waals surface area contributed by atoms with Gasteiger partial charge >= 0.3 is 0 Å². The van der Waals surface area contributed by atoms with Gasteiger partial charge in [-0.1, -0.05) is 67.6 Å². The molecule has 24 heavy (non-hydrogen) atoms. The van der Waals surface area contributed by atoms with Gasteiger partial charge in [0.15, 0.2) is 0 Å². The Morgan fingerprint density at radius 2 is 1.58 bits per heavy atom. The first-order chi connectivity index (χ1) is 11.7. The van der Waals surface area contributed by atoms with Crippen LogP contribution in [0.1, 0.15) is 30.9 Å². The van der Waals surface area contributed by atoms with Crippen LogP contribution >= 0.6 is 0 Å². The van der Waals surface area contributed by atoms with E-state index in [-0.39, 0.29) is 11.8 Å². The Bertz CT molecular complexity index is 598. The smallest absolute Gasteiger partial charge is 0.225 e. The fourth-order valence-corrected chi connectivity index (χ4v) is 2.84. The standard InChI is InChI=1S/C21H28N2O/c1-18(9-8-15-22)21(24)23(17-20-12-6-3-7-13-20)16-14-19-10-4-2-5-11-19/h2-7,10-13,18H,8-9,14-17,22H2,1H3. The van der Waals surface area contributed by atoms with E-state index in [9.17, 15) is 4.79 Å². The van der Waals surface area contributed by atoms with Gasteiger partial charge < -0.3 is 10.6 Å². The van der Waals surface area contributed by atoms with Crippen LogP contribution in [0.25, 0.3) is 0 Å². The minimum Gasteiger partial charge on any atom is -0.338 e. The van der Waals surface area contributed by atoms with Gasteiger partial charge in [0.1, 0.15) is 0 Å². The van der Waals surface area contributed by atoms with Crippen molar-refractivity contribution in [3.8, 4) is 0 Å². The summed E-state index contributed by atoms with van der Waals surface area (Å²) in [6, 6.07) is 20.5. The number of nitrogens with two attached hydrogens (primary N) is 1. The molecule has 2 aromatic rings. The fraction of sp³-hybridized carbons (Fsp3) is 0.381. The SMILES string of the molecule is CC(CCCN)C(=O)N(CCc1ccccc1)Cc1ccccc1. The Labute approximate surface area is 145 Å². The molecule has 0 aromatic heterocycles. The molecule has 1 unspecified atom stereocenters. The van der Waals surface area contributed by atoms with E-state index in [4.69, 9.17) is 5.73 Å². The van der Waals surface area contributed by atoms with Crippen molar-refractivity contribution in [3.63, 3.8) is 0 Å². The summed E-state index contributed by atoms with van der Waals surface area (Å²) in [7, 11) is 0. The molecule has 0 aliphatic rings. The Kier molecular flexibility index (Phi) is 7.50. The molecule has 0 bridgehead atoms. The molecule has 0 aliphatic carbocycles. The maximum absolute atomic E-state index is 12.9. The number of nitrogens with zero attached hydrogens (tertiary/aromatic N) is 1. The summed E-state index contributed by atoms with van der Waals surface area (Å²) < 4.78 is 0. The zero-order chi connectivity index (χ0) is 17.2. The van der Waals surface area contributed by atoms with E-state index >= 15 is 0 Å². The van der Waals surface area contributed by atoms with E-state index < -0.39 is 0 Å². The van der Waals surface area contributed by atoms with Gasteiger partial charge in [-0.3, -0.25) is 4.79 Å². The van der Waals surface area contributed by atoms with Crippen molar-refractivity contribution in [2.24, 2.45) is 11.7 Å². The predicted octanol–water partition coefficient (Wildman–Crippen LogP) is 3.63. The molecule has 0 radical (unpaired) electrons. The fourth-order valence-electron chi connectivity index (χ4n) is 2.84. The zero-order valence-corrected chi connectivity index (χ0v) is 14.5. The molecule has 1 amide bonds. The Morgan fingerprint density at radius 1 is 1.00 bits per heavy atom. The van der Waals surface area contributed by atoms with E-state index in [1.54, 1.807) is 0 Å². The highest BCUT2D eigenvalue weighted by atomic mass is 16.2. The molecular formula is C21H28N2O. The van der Waals surface area contributed by atoms with E-state index in [1.807, 2.05) is 48.2 Å². The Morgan fingerprint density at radius 3 is 2.17 bits per heavy atom. The summed E-state index contributed by atoms with van der Waals surface area (Å²) in [5, 5.41) is 0. The number of hydrogen-bond donors (Lipinski definition) is 1. The first-order valence-electron chi connectivity index (χ1n) is 8.77. The lowest BCUT2D eigenvalue weighted by atomic mass is 10.0. The van der Waals surface area contributed by atoms with E-state index in [0.29, 0.717) is 13.1 Å². The van der Waals surface area contributed by atoms with Gasteiger partial charge in [-0.25, -0.2) is 0 Å². The first kappa shape index (κ1) is 18.2. The quantitative estimate of drug-likeness (QED) is 0.765. The topological polar surface area (TPSA) is 46.3 Å². The van der Waals surface area contributed by atoms with Crippen LogP contribution in [-0.4, -0.2) is 23.9 Å². The summed E-state index contributed by atoms with van der Waals surface area (Å²) >= 11 is 0. The van der Waals surface area contributed by atoms with Crippen LogP contribution in [0.15, 0.2) is 60.7 Å². The third-order valence-corrected chi connectivity index (χ3v) is 4.30. The number of benzene rings is 2. The number of carbonyl (C=O) groups excluding carboxylic acids is 1. The summed E-state index contributed by atoms with van der Waals surface area (Å²) in [5.74, 6) is 0.247. The van der Waals surface area contributed by atoms with Crippen molar-refractivity contribution in [1.29, 1.82) is 0 Å². The number of amides is 1. The molecule has 0 spiro atoms. The van der Waals surface area contributed by atoms with Gasteiger partial charge in [-0.2, -0.15) is 0 Å². The average Bonchev–Trinajstić information content (AvgIpc) is 2.64. The Hall–Kier alpha value is -2.13. The maximum Gasteiger partial charge on any atom is 0.225 e. The molecule has 2 aromatic carbocycles. The van der Waals surface area contributed by atoms with Crippen LogP contribution in [0, 0.1) is 5.92 Å². The average molecular weight is 324 g/mol. The molecule has 3 heteroatoms. The van der Waals surface area contributed by atoms with Crippen molar-refractivity contribution in [2.75, 3.05) is 13.1 Å². The highest BCUT2D eigenvalue weighted by molar-refractivity contribution is 5.78. The molecule has 2 N–H and O–H groups in total. The maximum atomic E-state index is 12.9. The summed E-state index contributed by atoms with van der Waals surface area (Å²) in [6.07, 6.45) is 2.62. The van der Waals surface area contributed by atoms with E-state index in [1.165, 1.54) is 11.1 Å². The third-order valence-electron chi connectivity index (χ3n) is 4.30. The van der Waals surface area contributed by atoms with Gasteiger partial charge in [0.05, 0.1) is 0 Å². The van der Waals surface area contributed by atoms with Gasteiger partial charge in [-0.15, -0.1) is 0 Å². The van der Waals surface area contributed by atoms with E-state index in [2.05, 4.69) is 24.3 Å². The van der Waals surface area contributed by atoms with Crippen molar-refractivity contribution >= 4 is 5.91 Å². The van der Waals surface area contributed by atoms with Crippen LogP contribution in [-0.2, 0) is 17.8 Å². The molecule has 2 rings (SSSR count). The molecule has 128 valence electrons. The molecule has 3 nitrogen and oxygen atoms in total. The molecule has 0 saturated carbocycles. The monoisotopic (exact) mass is 324 g/mol. The first-order valence-corrected chi connectivity index (χ1v) is 8.77. The molecule has 0 fully saturated rings. The second-order valence-electron chi connectivity index (χ2n) is 6.31. The molecule has 0 heterocycles. The van der Waals surface area contributed by atoms with Gasteiger partial charge in [0, 0.05) is 19.0 Å². The molecule has 0 saturated heterocycles. The predicted molar refractivity (Wildman–Crippen MR) is 99.5 cm³/mol. The highest BCUT2D eigenvalue weighted by Gasteiger charge is 2.20. The third kappa shape index (κ3) is 5.82. The number of hydrogen-bond acceptors (Lipinski definition) is 2. The lowest BCUT2D eigenvalue weighted by Gasteiger charge is -2.26. The number of carbonyl (C=O) groups is 1. The minimum atomic E-state index is 0.0213. The Balaban J connectivity index is 2.03. The molecule has 1 atom stereocenters. The minimum absolute atomic E-state index is 0.0213. The van der Waals surface area contributed by atoms with Crippen molar-refractivity contribution in [3.05, 3.63) is 71.8 Å². The van der Waals surface area contributed by atoms with Crippen LogP contribution in [0.5, 0.6) is 0 Å². The van der Waals surface area contributed by atoms with Gasteiger partial charge in [0.25, 0.3) is 0 Å². The van der Waals surface area contributed by atoms with Crippen LogP contribution in [0.2, 0.25) is 0 Å². The zero-order valence-electron chi connectivity index (χ0n) is 14.5. The lowest BCUT2D eigenvalue weighted by molar-refractivity contribution is -0.135.